The molecule has 0 bridgehead atoms. The van der Waals surface area contributed by atoms with E-state index in [-0.39, 0.29) is 11.9 Å². The minimum Gasteiger partial charge on any atom is -0.353 e. The molecule has 21 heavy (non-hydrogen) atoms. The molecule has 0 aliphatic heterocycles. The largest absolute Gasteiger partial charge is 0.353 e. The molecule has 1 unspecified atom stereocenters. The average Bonchev–Trinajstić information content (AvgIpc) is 2.80. The summed E-state index contributed by atoms with van der Waals surface area (Å²) in [6, 6.07) is 8.37. The second-order valence-corrected chi connectivity index (χ2v) is 6.62. The summed E-state index contributed by atoms with van der Waals surface area (Å²) in [6.45, 7) is 5.29. The summed E-state index contributed by atoms with van der Waals surface area (Å²) < 4.78 is 1.20. The van der Waals surface area contributed by atoms with Crippen molar-refractivity contribution in [3.05, 3.63) is 29.3 Å². The van der Waals surface area contributed by atoms with Gasteiger partial charge in [-0.05, 0) is 32.5 Å². The van der Waals surface area contributed by atoms with Crippen molar-refractivity contribution in [3.8, 4) is 0 Å². The number of nitrogens with one attached hydrogen (secondary N) is 1. The summed E-state index contributed by atoms with van der Waals surface area (Å²) in [6.07, 6.45) is 2.11. The van der Waals surface area contributed by atoms with Crippen LogP contribution in [-0.4, -0.2) is 35.4 Å². The fourth-order valence-corrected chi connectivity index (χ4v) is 3.39. The Bertz CT molecular complexity index is 563. The Balaban J connectivity index is 1.86. The van der Waals surface area contributed by atoms with Crippen LogP contribution in [-0.2, 0) is 11.3 Å². The van der Waals surface area contributed by atoms with Gasteiger partial charge < -0.3 is 5.32 Å². The topological polar surface area (TPSA) is 45.2 Å². The second-order valence-electron chi connectivity index (χ2n) is 5.50. The maximum absolute atomic E-state index is 11.9. The van der Waals surface area contributed by atoms with Crippen molar-refractivity contribution in [1.82, 2.24) is 15.2 Å². The average molecular weight is 305 g/mol. The van der Waals surface area contributed by atoms with Gasteiger partial charge in [0.1, 0.15) is 5.01 Å². The number of fused-ring (bicyclic) bond motifs is 1. The highest BCUT2D eigenvalue weighted by Gasteiger charge is 2.11. The molecule has 0 aliphatic carbocycles. The van der Waals surface area contributed by atoms with E-state index in [4.69, 9.17) is 0 Å². The van der Waals surface area contributed by atoms with Crippen LogP contribution < -0.4 is 5.32 Å². The number of rotatable bonds is 7. The number of thiazole rings is 1. The molecular formula is C16H23N3OS. The molecule has 0 saturated carbocycles. The first-order chi connectivity index (χ1) is 10.1. The number of nitrogens with zero attached hydrogens (tertiary/aromatic N) is 2. The molecule has 0 aliphatic rings. The van der Waals surface area contributed by atoms with Gasteiger partial charge in [-0.25, -0.2) is 4.98 Å². The van der Waals surface area contributed by atoms with Gasteiger partial charge in [0.2, 0.25) is 5.91 Å². The van der Waals surface area contributed by atoms with Crippen LogP contribution in [0.25, 0.3) is 10.2 Å². The van der Waals surface area contributed by atoms with Gasteiger partial charge >= 0.3 is 0 Å². The predicted molar refractivity (Wildman–Crippen MR) is 88.5 cm³/mol. The van der Waals surface area contributed by atoms with Gasteiger partial charge in [0.15, 0.2) is 0 Å². The standard InChI is InChI=1S/C16H23N3OS/c1-4-7-12(2)17-15(20)10-19(3)11-16-18-13-8-5-6-9-14(13)21-16/h5-6,8-9,12H,4,7,10-11H2,1-3H3,(H,17,20). The number of hydrogen-bond donors (Lipinski definition) is 1. The van der Waals surface area contributed by atoms with Crippen LogP contribution in [0.15, 0.2) is 24.3 Å². The Labute approximate surface area is 130 Å². The van der Waals surface area contributed by atoms with Crippen LogP contribution in [0.4, 0.5) is 0 Å². The van der Waals surface area contributed by atoms with Crippen molar-refractivity contribution in [2.45, 2.75) is 39.3 Å². The van der Waals surface area contributed by atoms with Crippen LogP contribution in [0.3, 0.4) is 0 Å². The van der Waals surface area contributed by atoms with E-state index >= 15 is 0 Å². The number of carbonyl (C=O) groups excluding carboxylic acids is 1. The normalized spacial score (nSPS) is 12.8. The number of benzene rings is 1. The molecule has 114 valence electrons. The highest BCUT2D eigenvalue weighted by Crippen LogP contribution is 2.22. The highest BCUT2D eigenvalue weighted by molar-refractivity contribution is 7.18. The molecular weight excluding hydrogens is 282 g/mol. The minimum absolute atomic E-state index is 0.0829. The molecule has 2 aromatic rings. The van der Waals surface area contributed by atoms with Gasteiger partial charge in [0.05, 0.1) is 23.3 Å². The maximum atomic E-state index is 11.9. The second kappa shape index (κ2) is 7.52. The summed E-state index contributed by atoms with van der Waals surface area (Å²) in [5.41, 5.74) is 1.03. The van der Waals surface area contributed by atoms with Gasteiger partial charge in [-0.2, -0.15) is 0 Å². The summed E-state index contributed by atoms with van der Waals surface area (Å²) in [7, 11) is 1.95. The first-order valence-corrected chi connectivity index (χ1v) is 8.22. The summed E-state index contributed by atoms with van der Waals surface area (Å²) in [4.78, 5) is 18.5. The quantitative estimate of drug-likeness (QED) is 0.855. The molecule has 0 radical (unpaired) electrons. The van der Waals surface area contributed by atoms with Crippen molar-refractivity contribution < 1.29 is 4.79 Å². The Morgan fingerprint density at radius 3 is 2.90 bits per heavy atom. The Morgan fingerprint density at radius 2 is 2.19 bits per heavy atom. The van der Waals surface area contributed by atoms with Crippen molar-refractivity contribution in [1.29, 1.82) is 0 Å². The highest BCUT2D eigenvalue weighted by atomic mass is 32.1. The van der Waals surface area contributed by atoms with E-state index in [2.05, 4.69) is 30.2 Å². The molecule has 5 heteroatoms. The third-order valence-electron chi connectivity index (χ3n) is 3.29. The van der Waals surface area contributed by atoms with Crippen LogP contribution in [0.5, 0.6) is 0 Å². The lowest BCUT2D eigenvalue weighted by molar-refractivity contribution is -0.122. The number of hydrogen-bond acceptors (Lipinski definition) is 4. The first-order valence-electron chi connectivity index (χ1n) is 7.41. The van der Waals surface area contributed by atoms with Gasteiger partial charge in [-0.15, -0.1) is 11.3 Å². The number of aromatic nitrogens is 1. The summed E-state index contributed by atoms with van der Waals surface area (Å²) in [5.74, 6) is 0.0829. The molecule has 1 atom stereocenters. The van der Waals surface area contributed by atoms with Crippen LogP contribution in [0.2, 0.25) is 0 Å². The lowest BCUT2D eigenvalue weighted by Gasteiger charge is -2.17. The van der Waals surface area contributed by atoms with Gasteiger partial charge in [0.25, 0.3) is 0 Å². The van der Waals surface area contributed by atoms with E-state index in [0.717, 1.165) is 23.4 Å². The number of amides is 1. The molecule has 1 aromatic heterocycles. The predicted octanol–water partition coefficient (Wildman–Crippen LogP) is 3.03. The third kappa shape index (κ3) is 4.79. The molecule has 0 fully saturated rings. The van der Waals surface area contributed by atoms with Crippen LogP contribution >= 0.6 is 11.3 Å². The molecule has 1 amide bonds. The fourth-order valence-electron chi connectivity index (χ4n) is 2.35. The van der Waals surface area contributed by atoms with Gasteiger partial charge in [-0.3, -0.25) is 9.69 Å². The van der Waals surface area contributed by atoms with E-state index in [0.29, 0.717) is 13.1 Å². The number of carbonyl (C=O) groups is 1. The third-order valence-corrected chi connectivity index (χ3v) is 4.31. The van der Waals surface area contributed by atoms with Crippen LogP contribution in [0, 0.1) is 0 Å². The lowest BCUT2D eigenvalue weighted by Crippen LogP contribution is -2.39. The maximum Gasteiger partial charge on any atom is 0.234 e. The van der Waals surface area contributed by atoms with Crippen LogP contribution in [0.1, 0.15) is 31.7 Å². The SMILES string of the molecule is CCCC(C)NC(=O)CN(C)Cc1nc2ccccc2s1. The molecule has 1 heterocycles. The monoisotopic (exact) mass is 305 g/mol. The van der Waals surface area contributed by atoms with E-state index in [9.17, 15) is 4.79 Å². The van der Waals surface area contributed by atoms with Crippen molar-refractivity contribution in [2.75, 3.05) is 13.6 Å². The van der Waals surface area contributed by atoms with E-state index in [1.54, 1.807) is 11.3 Å². The van der Waals surface area contributed by atoms with E-state index in [1.807, 2.05) is 30.1 Å². The minimum atomic E-state index is 0.0829. The molecule has 1 N–H and O–H groups in total. The zero-order valence-corrected chi connectivity index (χ0v) is 13.7. The van der Waals surface area contributed by atoms with E-state index in [1.165, 1.54) is 4.70 Å². The Morgan fingerprint density at radius 1 is 1.43 bits per heavy atom. The van der Waals surface area contributed by atoms with Crippen molar-refractivity contribution in [3.63, 3.8) is 0 Å². The van der Waals surface area contributed by atoms with Crippen molar-refractivity contribution >= 4 is 27.5 Å². The number of para-hydroxylation sites is 1. The summed E-state index contributed by atoms with van der Waals surface area (Å²) >= 11 is 1.69. The smallest absolute Gasteiger partial charge is 0.234 e. The Kier molecular flexibility index (Phi) is 5.70. The molecule has 0 saturated heterocycles. The first kappa shape index (κ1) is 15.9. The zero-order valence-electron chi connectivity index (χ0n) is 12.9. The number of likely N-dealkylation sites (N-methyl/N-ethyl adjacent to an activating group) is 1. The molecule has 0 spiro atoms. The van der Waals surface area contributed by atoms with E-state index < -0.39 is 0 Å². The Hall–Kier alpha value is -1.46. The summed E-state index contributed by atoms with van der Waals surface area (Å²) in [5, 5.41) is 4.08. The fraction of sp³-hybridized carbons (Fsp3) is 0.500. The molecule has 2 rings (SSSR count). The van der Waals surface area contributed by atoms with Gasteiger partial charge in [-0.1, -0.05) is 25.5 Å². The zero-order chi connectivity index (χ0) is 15.2. The molecule has 1 aromatic carbocycles. The van der Waals surface area contributed by atoms with Crippen molar-refractivity contribution in [2.24, 2.45) is 0 Å². The van der Waals surface area contributed by atoms with Gasteiger partial charge in [0, 0.05) is 6.04 Å². The molecule has 4 nitrogen and oxygen atoms in total. The lowest BCUT2D eigenvalue weighted by atomic mass is 10.2.